The van der Waals surface area contributed by atoms with E-state index in [-0.39, 0.29) is 11.8 Å². The Morgan fingerprint density at radius 3 is 2.57 bits per heavy atom. The number of hydrogen-bond acceptors (Lipinski definition) is 7. The predicted molar refractivity (Wildman–Crippen MR) is 122 cm³/mol. The molecule has 30 heavy (non-hydrogen) atoms. The Morgan fingerprint density at radius 2 is 1.90 bits per heavy atom. The zero-order valence-electron chi connectivity index (χ0n) is 17.3. The Labute approximate surface area is 179 Å². The van der Waals surface area contributed by atoms with E-state index < -0.39 is 0 Å². The number of anilines is 2. The molecule has 0 aliphatic heterocycles. The predicted octanol–water partition coefficient (Wildman–Crippen LogP) is 4.87. The summed E-state index contributed by atoms with van der Waals surface area (Å²) in [6.45, 7) is 3.70. The maximum atomic E-state index is 12.2. The molecule has 0 bridgehead atoms. The van der Waals surface area contributed by atoms with Crippen LogP contribution >= 0.6 is 11.3 Å². The molecule has 156 valence electrons. The summed E-state index contributed by atoms with van der Waals surface area (Å²) in [6, 6.07) is 15.2. The van der Waals surface area contributed by atoms with Crippen LogP contribution in [0.25, 0.3) is 11.3 Å². The van der Waals surface area contributed by atoms with Crippen molar-refractivity contribution in [3.05, 3.63) is 54.1 Å². The van der Waals surface area contributed by atoms with Crippen LogP contribution in [0.4, 0.5) is 10.1 Å². The third-order valence-corrected chi connectivity index (χ3v) is 5.12. The minimum atomic E-state index is -0.132. The first-order chi connectivity index (χ1) is 14.5. The molecule has 0 unspecified atom stereocenters. The molecule has 1 heterocycles. The zero-order chi connectivity index (χ0) is 21.5. The number of nitrogens with zero attached hydrogens (tertiary/aromatic N) is 2. The maximum absolute atomic E-state index is 12.2. The summed E-state index contributed by atoms with van der Waals surface area (Å²) >= 11 is 1.33. The molecule has 0 saturated heterocycles. The number of benzene rings is 2. The van der Waals surface area contributed by atoms with Crippen LogP contribution in [0.5, 0.6) is 11.5 Å². The molecule has 0 aliphatic carbocycles. The van der Waals surface area contributed by atoms with E-state index in [1.807, 2.05) is 56.3 Å². The standard InChI is InChI=1S/C22H24N4O3S/c1-14(2)20(27)25-21-19(15-8-6-5-7-9-15)24-22(30-21)26-23-13-16-10-11-17(28-3)12-18(16)29-4/h5-14H,1-4H3,(H,24,26)(H,25,27). The fraction of sp³-hybridized carbons (Fsp3) is 0.227. The second-order valence-corrected chi connectivity index (χ2v) is 7.68. The molecule has 0 radical (unpaired) electrons. The lowest BCUT2D eigenvalue weighted by molar-refractivity contribution is -0.118. The Balaban J connectivity index is 1.83. The highest BCUT2D eigenvalue weighted by Gasteiger charge is 2.17. The van der Waals surface area contributed by atoms with Gasteiger partial charge in [-0.05, 0) is 12.1 Å². The van der Waals surface area contributed by atoms with E-state index in [9.17, 15) is 4.79 Å². The third kappa shape index (κ3) is 5.15. The molecular weight excluding hydrogens is 400 g/mol. The Kier molecular flexibility index (Phi) is 7.03. The Morgan fingerprint density at radius 1 is 1.13 bits per heavy atom. The van der Waals surface area contributed by atoms with E-state index in [0.29, 0.717) is 27.3 Å². The van der Waals surface area contributed by atoms with Crippen LogP contribution in [0.2, 0.25) is 0 Å². The molecule has 1 amide bonds. The summed E-state index contributed by atoms with van der Waals surface area (Å²) in [5.41, 5.74) is 5.36. The van der Waals surface area contributed by atoms with Gasteiger partial charge in [-0.1, -0.05) is 55.5 Å². The van der Waals surface area contributed by atoms with Crippen LogP contribution in [0.1, 0.15) is 19.4 Å². The molecular formula is C22H24N4O3S. The number of thiazole rings is 1. The number of nitrogens with one attached hydrogen (secondary N) is 2. The van der Waals surface area contributed by atoms with Gasteiger partial charge in [0.2, 0.25) is 11.0 Å². The number of hydrazone groups is 1. The molecule has 7 nitrogen and oxygen atoms in total. The van der Waals surface area contributed by atoms with Crippen LogP contribution in [0.15, 0.2) is 53.6 Å². The van der Waals surface area contributed by atoms with Gasteiger partial charge in [0.15, 0.2) is 0 Å². The van der Waals surface area contributed by atoms with Crippen molar-refractivity contribution in [1.29, 1.82) is 0 Å². The van der Waals surface area contributed by atoms with Crippen molar-refractivity contribution in [1.82, 2.24) is 4.98 Å². The van der Waals surface area contributed by atoms with E-state index >= 15 is 0 Å². The molecule has 8 heteroatoms. The number of aromatic nitrogens is 1. The van der Waals surface area contributed by atoms with Crippen LogP contribution in [0.3, 0.4) is 0 Å². The lowest BCUT2D eigenvalue weighted by atomic mass is 10.1. The van der Waals surface area contributed by atoms with E-state index in [1.54, 1.807) is 26.5 Å². The van der Waals surface area contributed by atoms with Gasteiger partial charge in [-0.25, -0.2) is 4.98 Å². The quantitative estimate of drug-likeness (QED) is 0.398. The first kappa shape index (κ1) is 21.3. The number of carbonyl (C=O) groups excluding carboxylic acids is 1. The zero-order valence-corrected chi connectivity index (χ0v) is 18.1. The number of amides is 1. The molecule has 0 atom stereocenters. The van der Waals surface area contributed by atoms with Crippen molar-refractivity contribution in [2.24, 2.45) is 11.0 Å². The number of methoxy groups -OCH3 is 2. The van der Waals surface area contributed by atoms with Gasteiger partial charge < -0.3 is 14.8 Å². The lowest BCUT2D eigenvalue weighted by Gasteiger charge is -2.07. The topological polar surface area (TPSA) is 84.8 Å². The van der Waals surface area contributed by atoms with Gasteiger partial charge in [0.1, 0.15) is 22.2 Å². The fourth-order valence-electron chi connectivity index (χ4n) is 2.58. The van der Waals surface area contributed by atoms with Crippen LogP contribution in [-0.4, -0.2) is 31.3 Å². The molecule has 0 fully saturated rings. The molecule has 1 aromatic heterocycles. The summed E-state index contributed by atoms with van der Waals surface area (Å²) < 4.78 is 10.6. The second kappa shape index (κ2) is 9.89. The molecule has 0 saturated carbocycles. The monoisotopic (exact) mass is 424 g/mol. The first-order valence-corrected chi connectivity index (χ1v) is 10.2. The van der Waals surface area contributed by atoms with Gasteiger partial charge in [-0.15, -0.1) is 0 Å². The molecule has 2 aromatic carbocycles. The second-order valence-electron chi connectivity index (χ2n) is 6.68. The highest BCUT2D eigenvalue weighted by atomic mass is 32.1. The Bertz CT molecular complexity index is 1030. The van der Waals surface area contributed by atoms with Crippen molar-refractivity contribution in [3.63, 3.8) is 0 Å². The van der Waals surface area contributed by atoms with Crippen LogP contribution in [0, 0.1) is 5.92 Å². The average Bonchev–Trinajstić information content (AvgIpc) is 3.16. The van der Waals surface area contributed by atoms with Crippen molar-refractivity contribution in [3.8, 4) is 22.8 Å². The highest BCUT2D eigenvalue weighted by molar-refractivity contribution is 7.20. The molecule has 0 spiro atoms. The highest BCUT2D eigenvalue weighted by Crippen LogP contribution is 2.36. The van der Waals surface area contributed by atoms with Crippen LogP contribution < -0.4 is 20.2 Å². The third-order valence-electron chi connectivity index (χ3n) is 4.24. The van der Waals surface area contributed by atoms with Crippen molar-refractivity contribution >= 4 is 33.6 Å². The lowest BCUT2D eigenvalue weighted by Crippen LogP contribution is -2.17. The van der Waals surface area contributed by atoms with Gasteiger partial charge in [0.25, 0.3) is 0 Å². The maximum Gasteiger partial charge on any atom is 0.227 e. The Hall–Kier alpha value is -3.39. The van der Waals surface area contributed by atoms with Gasteiger partial charge in [0, 0.05) is 23.1 Å². The number of rotatable bonds is 8. The molecule has 2 N–H and O–H groups in total. The van der Waals surface area contributed by atoms with E-state index in [4.69, 9.17) is 9.47 Å². The molecule has 0 aliphatic rings. The van der Waals surface area contributed by atoms with E-state index in [2.05, 4.69) is 20.8 Å². The largest absolute Gasteiger partial charge is 0.497 e. The van der Waals surface area contributed by atoms with Crippen LogP contribution in [-0.2, 0) is 4.79 Å². The first-order valence-electron chi connectivity index (χ1n) is 9.40. The van der Waals surface area contributed by atoms with Gasteiger partial charge in [-0.3, -0.25) is 10.2 Å². The minimum absolute atomic E-state index is 0.0612. The summed E-state index contributed by atoms with van der Waals surface area (Å²) in [4.78, 5) is 16.8. The fourth-order valence-corrected chi connectivity index (χ4v) is 3.42. The van der Waals surface area contributed by atoms with E-state index in [0.717, 1.165) is 11.1 Å². The number of carbonyl (C=O) groups is 1. The van der Waals surface area contributed by atoms with Crippen molar-refractivity contribution < 1.29 is 14.3 Å². The smallest absolute Gasteiger partial charge is 0.227 e. The SMILES string of the molecule is COc1ccc(C=NNc2nc(-c3ccccc3)c(NC(=O)C(C)C)s2)c(OC)c1. The minimum Gasteiger partial charge on any atom is -0.497 e. The van der Waals surface area contributed by atoms with Gasteiger partial charge >= 0.3 is 0 Å². The molecule has 3 aromatic rings. The van der Waals surface area contributed by atoms with E-state index in [1.165, 1.54) is 11.3 Å². The normalized spacial score (nSPS) is 11.0. The summed E-state index contributed by atoms with van der Waals surface area (Å²) in [6.07, 6.45) is 1.65. The summed E-state index contributed by atoms with van der Waals surface area (Å²) in [7, 11) is 3.20. The number of ether oxygens (including phenoxy) is 2. The average molecular weight is 425 g/mol. The molecule has 3 rings (SSSR count). The van der Waals surface area contributed by atoms with Crippen molar-refractivity contribution in [2.75, 3.05) is 25.0 Å². The summed E-state index contributed by atoms with van der Waals surface area (Å²) in [5.74, 6) is 1.16. The number of hydrogen-bond donors (Lipinski definition) is 2. The van der Waals surface area contributed by atoms with Crippen molar-refractivity contribution in [2.45, 2.75) is 13.8 Å². The van der Waals surface area contributed by atoms with Gasteiger partial charge in [-0.2, -0.15) is 5.10 Å². The summed E-state index contributed by atoms with van der Waals surface area (Å²) in [5, 5.41) is 8.48. The van der Waals surface area contributed by atoms with Gasteiger partial charge in [0.05, 0.1) is 20.4 Å².